The molecule has 1 N–H and O–H groups in total. The highest BCUT2D eigenvalue weighted by Crippen LogP contribution is 2.23. The Labute approximate surface area is 169 Å². The average Bonchev–Trinajstić information content (AvgIpc) is 3.04. The number of nitriles is 1. The molecule has 0 spiro atoms. The number of aryl methyl sites for hydroxylation is 1. The van der Waals surface area contributed by atoms with Crippen molar-refractivity contribution in [1.29, 1.82) is 5.26 Å². The molecule has 0 saturated carbocycles. The van der Waals surface area contributed by atoms with Crippen LogP contribution in [0.5, 0.6) is 0 Å². The minimum atomic E-state index is -3.65. The van der Waals surface area contributed by atoms with Gasteiger partial charge in [0.05, 0.1) is 33.2 Å². The minimum Gasteiger partial charge on any atom is -0.331 e. The summed E-state index contributed by atoms with van der Waals surface area (Å²) >= 11 is 0. The smallest absolute Gasteiger partial charge is 0.261 e. The molecule has 7 heteroatoms. The molecular formula is C22H18N4O2S. The number of fused-ring (bicyclic) bond motifs is 1. The molecule has 0 fully saturated rings. The Balaban J connectivity index is 1.63. The lowest BCUT2D eigenvalue weighted by molar-refractivity contribution is 0.601. The van der Waals surface area contributed by atoms with E-state index in [4.69, 9.17) is 5.26 Å². The highest BCUT2D eigenvalue weighted by atomic mass is 32.2. The van der Waals surface area contributed by atoms with Gasteiger partial charge in [-0.25, -0.2) is 13.4 Å². The zero-order valence-electron chi connectivity index (χ0n) is 15.7. The largest absolute Gasteiger partial charge is 0.331 e. The molecule has 0 aliphatic heterocycles. The Morgan fingerprint density at radius 2 is 1.76 bits per heavy atom. The van der Waals surface area contributed by atoms with E-state index in [1.54, 1.807) is 60.7 Å². The Kier molecular flexibility index (Phi) is 4.79. The third kappa shape index (κ3) is 3.84. The van der Waals surface area contributed by atoms with Gasteiger partial charge in [-0.1, -0.05) is 30.3 Å². The number of benzene rings is 3. The predicted molar refractivity (Wildman–Crippen MR) is 112 cm³/mol. The van der Waals surface area contributed by atoms with E-state index in [9.17, 15) is 8.42 Å². The first-order valence-corrected chi connectivity index (χ1v) is 10.5. The lowest BCUT2D eigenvalue weighted by Crippen LogP contribution is -2.12. The van der Waals surface area contributed by atoms with Crippen LogP contribution >= 0.6 is 0 Å². The molecule has 0 unspecified atom stereocenters. The maximum absolute atomic E-state index is 12.6. The van der Waals surface area contributed by atoms with Gasteiger partial charge in [-0.05, 0) is 48.0 Å². The second-order valence-electron chi connectivity index (χ2n) is 6.69. The van der Waals surface area contributed by atoms with E-state index in [2.05, 4.69) is 15.8 Å². The first-order valence-electron chi connectivity index (χ1n) is 8.98. The number of aromatic nitrogens is 2. The van der Waals surface area contributed by atoms with E-state index in [1.807, 2.05) is 23.7 Å². The van der Waals surface area contributed by atoms with E-state index in [0.717, 1.165) is 22.4 Å². The summed E-state index contributed by atoms with van der Waals surface area (Å²) in [5, 5.41) is 8.92. The van der Waals surface area contributed by atoms with Crippen LogP contribution in [0.15, 0.2) is 77.7 Å². The van der Waals surface area contributed by atoms with Gasteiger partial charge < -0.3 is 4.57 Å². The molecule has 0 aliphatic rings. The standard InChI is InChI=1S/C22H18N4O2S/c1-26-21-14-18(25-29(27,28)19-5-3-2-4-6-19)11-12-20(21)24-22(26)13-16-7-9-17(15-23)10-8-16/h2-12,14,25H,13H2,1H3. The summed E-state index contributed by atoms with van der Waals surface area (Å²) in [4.78, 5) is 4.88. The van der Waals surface area contributed by atoms with E-state index < -0.39 is 10.0 Å². The Bertz CT molecular complexity index is 1320. The number of nitrogens with zero attached hydrogens (tertiary/aromatic N) is 3. The number of sulfonamides is 1. The molecule has 6 nitrogen and oxygen atoms in total. The van der Waals surface area contributed by atoms with Gasteiger partial charge in [-0.15, -0.1) is 0 Å². The average molecular weight is 402 g/mol. The summed E-state index contributed by atoms with van der Waals surface area (Å²) in [6.45, 7) is 0. The van der Waals surface area contributed by atoms with Gasteiger partial charge in [0.2, 0.25) is 0 Å². The highest BCUT2D eigenvalue weighted by molar-refractivity contribution is 7.92. The molecule has 29 heavy (non-hydrogen) atoms. The van der Waals surface area contributed by atoms with Crippen LogP contribution in [0.2, 0.25) is 0 Å². The molecule has 0 bridgehead atoms. The topological polar surface area (TPSA) is 87.8 Å². The number of imidazole rings is 1. The Hall–Kier alpha value is -3.63. The maximum atomic E-state index is 12.6. The molecule has 0 saturated heterocycles. The second kappa shape index (κ2) is 7.41. The zero-order valence-corrected chi connectivity index (χ0v) is 16.5. The van der Waals surface area contributed by atoms with Crippen molar-refractivity contribution in [1.82, 2.24) is 9.55 Å². The van der Waals surface area contributed by atoms with Gasteiger partial charge >= 0.3 is 0 Å². The van der Waals surface area contributed by atoms with E-state index in [-0.39, 0.29) is 4.90 Å². The molecule has 0 amide bonds. The molecule has 0 aliphatic carbocycles. The predicted octanol–water partition coefficient (Wildman–Crippen LogP) is 3.84. The summed E-state index contributed by atoms with van der Waals surface area (Å²) < 4.78 is 29.7. The molecule has 4 rings (SSSR count). The van der Waals surface area contributed by atoms with E-state index in [1.165, 1.54) is 0 Å². The van der Waals surface area contributed by atoms with Crippen LogP contribution in [0.1, 0.15) is 17.0 Å². The summed E-state index contributed by atoms with van der Waals surface area (Å²) in [5.41, 5.74) is 3.77. The zero-order chi connectivity index (χ0) is 20.4. The summed E-state index contributed by atoms with van der Waals surface area (Å²) in [7, 11) is -1.74. The third-order valence-electron chi connectivity index (χ3n) is 4.72. The van der Waals surface area contributed by atoms with Crippen molar-refractivity contribution >= 4 is 26.7 Å². The Morgan fingerprint density at radius 1 is 1.03 bits per heavy atom. The van der Waals surface area contributed by atoms with Crippen LogP contribution in [0.3, 0.4) is 0 Å². The fourth-order valence-corrected chi connectivity index (χ4v) is 4.23. The van der Waals surface area contributed by atoms with Gasteiger partial charge in [-0.2, -0.15) is 5.26 Å². The SMILES string of the molecule is Cn1c(Cc2ccc(C#N)cc2)nc2ccc(NS(=O)(=O)c3ccccc3)cc21. The van der Waals surface area contributed by atoms with E-state index in [0.29, 0.717) is 17.7 Å². The van der Waals surface area contributed by atoms with Gasteiger partial charge in [0.15, 0.2) is 0 Å². The van der Waals surface area contributed by atoms with Gasteiger partial charge in [0.1, 0.15) is 5.82 Å². The molecule has 0 atom stereocenters. The first kappa shape index (κ1) is 18.7. The van der Waals surface area contributed by atoms with Crippen LogP contribution < -0.4 is 4.72 Å². The van der Waals surface area contributed by atoms with Crippen LogP contribution in [0, 0.1) is 11.3 Å². The van der Waals surface area contributed by atoms with Gasteiger partial charge in [0, 0.05) is 13.5 Å². The summed E-state index contributed by atoms with van der Waals surface area (Å²) in [6.07, 6.45) is 0.613. The van der Waals surface area contributed by atoms with Crippen molar-refractivity contribution in [3.05, 3.63) is 89.7 Å². The quantitative estimate of drug-likeness (QED) is 0.549. The van der Waals surface area contributed by atoms with Crippen molar-refractivity contribution in [3.63, 3.8) is 0 Å². The molecule has 0 radical (unpaired) electrons. The van der Waals surface area contributed by atoms with Gasteiger partial charge in [-0.3, -0.25) is 4.72 Å². The van der Waals surface area contributed by atoms with Crippen LogP contribution in [0.4, 0.5) is 5.69 Å². The van der Waals surface area contributed by atoms with Crippen molar-refractivity contribution in [3.8, 4) is 6.07 Å². The number of hydrogen-bond donors (Lipinski definition) is 1. The highest BCUT2D eigenvalue weighted by Gasteiger charge is 2.15. The fraction of sp³-hybridized carbons (Fsp3) is 0.0909. The Morgan fingerprint density at radius 3 is 2.45 bits per heavy atom. The lowest BCUT2D eigenvalue weighted by atomic mass is 10.1. The minimum absolute atomic E-state index is 0.214. The molecular weight excluding hydrogens is 384 g/mol. The normalized spacial score (nSPS) is 11.3. The molecule has 3 aromatic carbocycles. The number of anilines is 1. The van der Waals surface area contributed by atoms with Crippen molar-refractivity contribution in [2.75, 3.05) is 4.72 Å². The number of rotatable bonds is 5. The third-order valence-corrected chi connectivity index (χ3v) is 6.12. The summed E-state index contributed by atoms with van der Waals surface area (Å²) in [6, 6.07) is 23.1. The maximum Gasteiger partial charge on any atom is 0.261 e. The first-order chi connectivity index (χ1) is 14.0. The lowest BCUT2D eigenvalue weighted by Gasteiger charge is -2.08. The van der Waals surface area contributed by atoms with E-state index >= 15 is 0 Å². The van der Waals surface area contributed by atoms with Crippen LogP contribution in [-0.4, -0.2) is 18.0 Å². The number of hydrogen-bond acceptors (Lipinski definition) is 4. The monoisotopic (exact) mass is 402 g/mol. The molecule has 1 heterocycles. The van der Waals surface area contributed by atoms with Crippen molar-refractivity contribution < 1.29 is 8.42 Å². The van der Waals surface area contributed by atoms with Crippen molar-refractivity contribution in [2.24, 2.45) is 7.05 Å². The second-order valence-corrected chi connectivity index (χ2v) is 8.38. The fourth-order valence-electron chi connectivity index (χ4n) is 3.15. The number of nitrogens with one attached hydrogen (secondary N) is 1. The van der Waals surface area contributed by atoms with Crippen LogP contribution in [-0.2, 0) is 23.5 Å². The van der Waals surface area contributed by atoms with Crippen molar-refractivity contribution in [2.45, 2.75) is 11.3 Å². The molecule has 1 aromatic heterocycles. The summed E-state index contributed by atoms with van der Waals surface area (Å²) in [5.74, 6) is 0.854. The molecule has 4 aromatic rings. The van der Waals surface area contributed by atoms with Crippen LogP contribution in [0.25, 0.3) is 11.0 Å². The van der Waals surface area contributed by atoms with Gasteiger partial charge in [0.25, 0.3) is 10.0 Å². The molecule has 144 valence electrons.